The fourth-order valence-corrected chi connectivity index (χ4v) is 1.16. The van der Waals surface area contributed by atoms with Crippen molar-refractivity contribution in [2.24, 2.45) is 0 Å². The second kappa shape index (κ2) is 2.48. The van der Waals surface area contributed by atoms with Gasteiger partial charge in [-0.25, -0.2) is 4.73 Å². The maximum Gasteiger partial charge on any atom is 0.290 e. The summed E-state index contributed by atoms with van der Waals surface area (Å²) in [4.78, 5) is 3.76. The van der Waals surface area contributed by atoms with Crippen LogP contribution in [0.3, 0.4) is 0 Å². The molecule has 1 aromatic heterocycles. The number of phenols is 1. The highest BCUT2D eigenvalue weighted by molar-refractivity contribution is 5.92. The van der Waals surface area contributed by atoms with Crippen molar-refractivity contribution >= 4 is 16.6 Å². The smallest absolute Gasteiger partial charge is 0.290 e. The Morgan fingerprint density at radius 2 is 2.23 bits per heavy atom. The van der Waals surface area contributed by atoms with Gasteiger partial charge in [0.05, 0.1) is 5.39 Å². The Kier molecular flexibility index (Phi) is 1.45. The van der Waals surface area contributed by atoms with Gasteiger partial charge in [0, 0.05) is 5.69 Å². The fourth-order valence-electron chi connectivity index (χ4n) is 1.16. The van der Waals surface area contributed by atoms with Crippen LogP contribution in [0.15, 0.2) is 24.7 Å². The summed E-state index contributed by atoms with van der Waals surface area (Å²) in [6.45, 7) is 0. The normalized spacial score (nSPS) is 10.5. The van der Waals surface area contributed by atoms with E-state index in [2.05, 4.69) is 4.98 Å². The van der Waals surface area contributed by atoms with E-state index in [9.17, 15) is 10.3 Å². The van der Waals surface area contributed by atoms with E-state index < -0.39 is 0 Å². The minimum Gasteiger partial charge on any atom is -0.711 e. The fraction of sp³-hybridized carbons (Fsp3) is 0. The molecule has 1 aromatic carbocycles. The molecule has 0 radical (unpaired) electrons. The van der Waals surface area contributed by atoms with Gasteiger partial charge >= 0.3 is 0 Å². The van der Waals surface area contributed by atoms with Crippen LogP contribution < -0.4 is 10.5 Å². The number of anilines is 1. The van der Waals surface area contributed by atoms with Crippen molar-refractivity contribution in [3.63, 3.8) is 0 Å². The van der Waals surface area contributed by atoms with Gasteiger partial charge in [-0.3, -0.25) is 0 Å². The largest absolute Gasteiger partial charge is 0.711 e. The lowest BCUT2D eigenvalue weighted by atomic mass is 10.2. The third kappa shape index (κ3) is 1.10. The topological polar surface area (TPSA) is 86.1 Å². The zero-order valence-corrected chi connectivity index (χ0v) is 6.64. The molecule has 0 bridgehead atoms. The first-order valence-electron chi connectivity index (χ1n) is 3.64. The number of benzene rings is 1. The lowest BCUT2D eigenvalue weighted by molar-refractivity contribution is -0.607. The molecule has 0 amide bonds. The predicted molar refractivity (Wildman–Crippen MR) is 46.8 cm³/mol. The molecule has 0 spiro atoms. The highest BCUT2D eigenvalue weighted by Crippen LogP contribution is 2.25. The Morgan fingerprint density at radius 3 is 3.00 bits per heavy atom. The standard InChI is InChI=1S/C8H7N3O2/c9-6-1-2-7(12)8-5(6)3-11(13)4-10-8/h1-4,12H,9H2. The third-order valence-electron chi connectivity index (χ3n) is 1.79. The van der Waals surface area contributed by atoms with Crippen LogP contribution in [0.2, 0.25) is 0 Å². The summed E-state index contributed by atoms with van der Waals surface area (Å²) in [7, 11) is 0. The van der Waals surface area contributed by atoms with Gasteiger partial charge < -0.3 is 16.0 Å². The summed E-state index contributed by atoms with van der Waals surface area (Å²) in [5.74, 6) is 0.0183. The molecular formula is C8H7N3O2. The van der Waals surface area contributed by atoms with Gasteiger partial charge in [-0.1, -0.05) is 0 Å². The number of fused-ring (bicyclic) bond motifs is 1. The zero-order chi connectivity index (χ0) is 9.42. The van der Waals surface area contributed by atoms with Gasteiger partial charge in [-0.15, -0.1) is 0 Å². The van der Waals surface area contributed by atoms with E-state index in [-0.39, 0.29) is 5.75 Å². The van der Waals surface area contributed by atoms with Crippen molar-refractivity contribution in [3.05, 3.63) is 29.9 Å². The molecule has 0 aliphatic rings. The van der Waals surface area contributed by atoms with E-state index in [1.807, 2.05) is 0 Å². The van der Waals surface area contributed by atoms with Crippen LogP contribution in [-0.4, -0.2) is 10.1 Å². The van der Waals surface area contributed by atoms with E-state index in [4.69, 9.17) is 5.73 Å². The molecule has 2 rings (SSSR count). The molecule has 0 saturated carbocycles. The molecule has 0 unspecified atom stereocenters. The zero-order valence-electron chi connectivity index (χ0n) is 6.64. The van der Waals surface area contributed by atoms with E-state index in [1.165, 1.54) is 18.3 Å². The van der Waals surface area contributed by atoms with Crippen LogP contribution >= 0.6 is 0 Å². The average Bonchev–Trinajstić information content (AvgIpc) is 2.12. The van der Waals surface area contributed by atoms with Crippen molar-refractivity contribution in [1.29, 1.82) is 0 Å². The first-order chi connectivity index (χ1) is 6.18. The molecule has 0 fully saturated rings. The molecule has 0 aliphatic heterocycles. The van der Waals surface area contributed by atoms with E-state index >= 15 is 0 Å². The van der Waals surface area contributed by atoms with Crippen LogP contribution in [-0.2, 0) is 0 Å². The lowest BCUT2D eigenvalue weighted by Gasteiger charge is -2.02. The highest BCUT2D eigenvalue weighted by atomic mass is 16.5. The van der Waals surface area contributed by atoms with Crippen LogP contribution in [0.1, 0.15) is 0 Å². The van der Waals surface area contributed by atoms with Crippen molar-refractivity contribution in [1.82, 2.24) is 4.98 Å². The minimum absolute atomic E-state index is 0.0183. The Bertz CT molecular complexity index is 470. The quantitative estimate of drug-likeness (QED) is 0.259. The van der Waals surface area contributed by atoms with E-state index in [0.717, 1.165) is 6.33 Å². The molecule has 1 heterocycles. The Balaban J connectivity index is 2.92. The molecule has 0 aliphatic carbocycles. The number of nitrogens with two attached hydrogens (primary N) is 1. The van der Waals surface area contributed by atoms with Crippen molar-refractivity contribution < 1.29 is 9.84 Å². The average molecular weight is 177 g/mol. The second-order valence-electron chi connectivity index (χ2n) is 2.67. The number of hydrogen-bond acceptors (Lipinski definition) is 4. The summed E-state index contributed by atoms with van der Waals surface area (Å²) >= 11 is 0. The first kappa shape index (κ1) is 7.60. The summed E-state index contributed by atoms with van der Waals surface area (Å²) in [6.07, 6.45) is 2.35. The van der Waals surface area contributed by atoms with Gasteiger partial charge in [0.2, 0.25) is 5.52 Å². The lowest BCUT2D eigenvalue weighted by Crippen LogP contribution is -2.25. The Labute approximate surface area is 73.6 Å². The Morgan fingerprint density at radius 1 is 1.46 bits per heavy atom. The number of aromatic nitrogens is 2. The maximum absolute atomic E-state index is 10.9. The summed E-state index contributed by atoms with van der Waals surface area (Å²) in [5, 5.41) is 20.7. The van der Waals surface area contributed by atoms with Crippen LogP contribution in [0, 0.1) is 5.21 Å². The molecule has 0 atom stereocenters. The van der Waals surface area contributed by atoms with Gasteiger partial charge in [-0.05, 0) is 17.1 Å². The van der Waals surface area contributed by atoms with E-state index in [0.29, 0.717) is 21.3 Å². The van der Waals surface area contributed by atoms with Crippen LogP contribution in [0.4, 0.5) is 5.69 Å². The summed E-state index contributed by atoms with van der Waals surface area (Å²) < 4.78 is 0.540. The number of hydrogen-bond donors (Lipinski definition) is 2. The number of nitrogen functional groups attached to an aromatic ring is 1. The molecular weight excluding hydrogens is 170 g/mol. The first-order valence-corrected chi connectivity index (χ1v) is 3.64. The predicted octanol–water partition coefficient (Wildman–Crippen LogP) is 0.156. The van der Waals surface area contributed by atoms with Gasteiger partial charge in [0.1, 0.15) is 6.20 Å². The monoisotopic (exact) mass is 177 g/mol. The molecule has 13 heavy (non-hydrogen) atoms. The molecule has 0 saturated heterocycles. The molecule has 66 valence electrons. The maximum atomic E-state index is 10.9. The number of rotatable bonds is 0. The minimum atomic E-state index is 0.0183. The van der Waals surface area contributed by atoms with Crippen molar-refractivity contribution in [2.45, 2.75) is 0 Å². The number of phenolic OH excluding ortho intramolecular Hbond substituents is 1. The van der Waals surface area contributed by atoms with Crippen molar-refractivity contribution in [3.8, 4) is 5.75 Å². The van der Waals surface area contributed by atoms with Gasteiger partial charge in [-0.2, -0.15) is 0 Å². The third-order valence-corrected chi connectivity index (χ3v) is 1.79. The summed E-state index contributed by atoms with van der Waals surface area (Å²) in [6, 6.07) is 2.97. The van der Waals surface area contributed by atoms with Gasteiger partial charge in [0.25, 0.3) is 6.33 Å². The van der Waals surface area contributed by atoms with Crippen LogP contribution in [0.5, 0.6) is 5.75 Å². The second-order valence-corrected chi connectivity index (χ2v) is 2.67. The number of aromatic hydroxyl groups is 1. The highest BCUT2D eigenvalue weighted by Gasteiger charge is 2.09. The van der Waals surface area contributed by atoms with Gasteiger partial charge in [0.15, 0.2) is 5.75 Å². The van der Waals surface area contributed by atoms with Crippen LogP contribution in [0.25, 0.3) is 10.9 Å². The van der Waals surface area contributed by atoms with Crippen molar-refractivity contribution in [2.75, 3.05) is 5.73 Å². The molecule has 2 aromatic rings. The SMILES string of the molecule is Nc1ccc(O)c2nc[n+]([O-])cc12. The molecule has 5 heteroatoms. The Hall–Kier alpha value is -2.04. The summed E-state index contributed by atoms with van der Waals surface area (Å²) in [5.41, 5.74) is 6.35. The van der Waals surface area contributed by atoms with E-state index in [1.54, 1.807) is 0 Å². The molecule has 3 N–H and O–H groups in total. The number of nitrogens with zero attached hydrogens (tertiary/aromatic N) is 2. The molecule has 5 nitrogen and oxygen atoms in total.